The summed E-state index contributed by atoms with van der Waals surface area (Å²) in [6.07, 6.45) is 4.63. The molecule has 2 fully saturated rings. The molecule has 1 N–H and O–H groups in total. The number of nitrogens with one attached hydrogen (secondary N) is 1. The van der Waals surface area contributed by atoms with Crippen LogP contribution in [0.15, 0.2) is 28.8 Å². The van der Waals surface area contributed by atoms with Crippen molar-refractivity contribution in [2.24, 2.45) is 5.92 Å². The smallest absolute Gasteiger partial charge is 0.325 e. The van der Waals surface area contributed by atoms with Crippen LogP contribution in [0.5, 0.6) is 0 Å². The van der Waals surface area contributed by atoms with Crippen LogP contribution in [0.2, 0.25) is 0 Å². The van der Waals surface area contributed by atoms with E-state index in [1.807, 2.05) is 31.2 Å². The predicted molar refractivity (Wildman–Crippen MR) is 98.6 cm³/mol. The van der Waals surface area contributed by atoms with Crippen molar-refractivity contribution in [2.75, 3.05) is 0 Å². The van der Waals surface area contributed by atoms with Gasteiger partial charge in [0.1, 0.15) is 12.1 Å². The van der Waals surface area contributed by atoms with Crippen LogP contribution >= 0.6 is 0 Å². The van der Waals surface area contributed by atoms with Crippen LogP contribution in [-0.2, 0) is 17.8 Å². The Hall–Kier alpha value is -2.70. The molecule has 27 heavy (non-hydrogen) atoms. The first-order valence-corrected chi connectivity index (χ1v) is 9.59. The Labute approximate surface area is 158 Å². The van der Waals surface area contributed by atoms with Crippen LogP contribution in [-0.4, -0.2) is 32.5 Å². The predicted octanol–water partition coefficient (Wildman–Crippen LogP) is 3.30. The molecule has 4 rings (SSSR count). The number of urea groups is 1. The lowest BCUT2D eigenvalue weighted by molar-refractivity contribution is -0.134. The zero-order chi connectivity index (χ0) is 19.0. The molecule has 1 aliphatic heterocycles. The maximum absolute atomic E-state index is 13.0. The number of amides is 3. The maximum Gasteiger partial charge on any atom is 0.325 e. The van der Waals surface area contributed by atoms with Crippen molar-refractivity contribution in [1.82, 2.24) is 20.4 Å². The fourth-order valence-corrected chi connectivity index (χ4v) is 4.10. The van der Waals surface area contributed by atoms with Crippen LogP contribution in [0.4, 0.5) is 4.79 Å². The second-order valence-electron chi connectivity index (χ2n) is 7.50. The number of aromatic nitrogens is 2. The summed E-state index contributed by atoms with van der Waals surface area (Å²) >= 11 is 0. The maximum atomic E-state index is 13.0. The first kappa shape index (κ1) is 17.7. The van der Waals surface area contributed by atoms with Crippen molar-refractivity contribution < 1.29 is 14.1 Å². The molecule has 0 radical (unpaired) electrons. The van der Waals surface area contributed by atoms with Gasteiger partial charge in [0.25, 0.3) is 5.91 Å². The van der Waals surface area contributed by atoms with E-state index in [-0.39, 0.29) is 30.3 Å². The van der Waals surface area contributed by atoms with E-state index in [9.17, 15) is 9.59 Å². The second kappa shape index (κ2) is 6.79. The number of benzene rings is 1. The minimum Gasteiger partial charge on any atom is -0.337 e. The summed E-state index contributed by atoms with van der Waals surface area (Å²) < 4.78 is 5.30. The molecule has 3 amide bonds. The monoisotopic (exact) mass is 368 g/mol. The molecule has 0 unspecified atom stereocenters. The molecule has 7 heteroatoms. The summed E-state index contributed by atoms with van der Waals surface area (Å²) in [6, 6.07) is 7.56. The highest BCUT2D eigenvalue weighted by Crippen LogP contribution is 2.38. The van der Waals surface area contributed by atoms with Gasteiger partial charge in [-0.3, -0.25) is 9.69 Å². The van der Waals surface area contributed by atoms with Gasteiger partial charge in [0.2, 0.25) is 11.7 Å². The van der Waals surface area contributed by atoms with Crippen molar-refractivity contribution in [3.63, 3.8) is 0 Å². The topological polar surface area (TPSA) is 88.3 Å². The van der Waals surface area contributed by atoms with E-state index >= 15 is 0 Å². The van der Waals surface area contributed by atoms with Gasteiger partial charge in [-0.05, 0) is 30.7 Å². The van der Waals surface area contributed by atoms with Crippen molar-refractivity contribution in [1.29, 1.82) is 0 Å². The quantitative estimate of drug-likeness (QED) is 0.837. The van der Waals surface area contributed by atoms with Gasteiger partial charge in [0, 0.05) is 5.56 Å². The van der Waals surface area contributed by atoms with Gasteiger partial charge in [-0.25, -0.2) is 4.79 Å². The third-order valence-corrected chi connectivity index (χ3v) is 5.88. The first-order valence-electron chi connectivity index (χ1n) is 9.59. The van der Waals surface area contributed by atoms with E-state index in [4.69, 9.17) is 4.52 Å². The Kier molecular flexibility index (Phi) is 4.45. The normalized spacial score (nSPS) is 25.3. The minimum atomic E-state index is -0.770. The van der Waals surface area contributed by atoms with Crippen molar-refractivity contribution >= 4 is 11.9 Å². The van der Waals surface area contributed by atoms with Gasteiger partial charge in [0.05, 0.1) is 0 Å². The van der Waals surface area contributed by atoms with Gasteiger partial charge in [-0.1, -0.05) is 56.1 Å². The fourth-order valence-electron chi connectivity index (χ4n) is 4.10. The molecule has 1 spiro atoms. The number of aryl methyl sites for hydroxylation is 1. The lowest BCUT2D eigenvalue weighted by Crippen LogP contribution is -2.53. The molecule has 1 aromatic heterocycles. The molecule has 1 aromatic carbocycles. The van der Waals surface area contributed by atoms with Crippen LogP contribution in [0, 0.1) is 5.92 Å². The third kappa shape index (κ3) is 3.01. The van der Waals surface area contributed by atoms with E-state index in [0.717, 1.165) is 31.2 Å². The van der Waals surface area contributed by atoms with E-state index in [1.54, 1.807) is 0 Å². The molecule has 2 aromatic rings. The average molecular weight is 368 g/mol. The summed E-state index contributed by atoms with van der Waals surface area (Å²) in [6.45, 7) is 4.13. The molecule has 2 atom stereocenters. The average Bonchev–Trinajstić information content (AvgIpc) is 3.24. The van der Waals surface area contributed by atoms with Gasteiger partial charge < -0.3 is 9.84 Å². The Morgan fingerprint density at radius 2 is 2.04 bits per heavy atom. The standard InChI is InChI=1S/C20H24N4O3/c1-3-14-7-9-15(10-8-14)17-21-16(27-23-17)12-24-18(25)20(22-19(24)26)11-5-4-6-13(20)2/h7-10,13H,3-6,11-12H2,1-2H3,(H,22,26)/t13-,20+/m1/s1. The third-order valence-electron chi connectivity index (χ3n) is 5.88. The molecule has 7 nitrogen and oxygen atoms in total. The minimum absolute atomic E-state index is 0.000813. The summed E-state index contributed by atoms with van der Waals surface area (Å²) in [5.41, 5.74) is 1.30. The Bertz CT molecular complexity index is 860. The highest BCUT2D eigenvalue weighted by molar-refractivity contribution is 6.07. The number of carbonyl (C=O) groups is 2. The number of nitrogens with zero attached hydrogens (tertiary/aromatic N) is 3. The van der Waals surface area contributed by atoms with Crippen LogP contribution < -0.4 is 5.32 Å². The number of hydrogen-bond donors (Lipinski definition) is 1. The highest BCUT2D eigenvalue weighted by atomic mass is 16.5. The number of imide groups is 1. The number of hydrogen-bond acceptors (Lipinski definition) is 5. The molecule has 0 bridgehead atoms. The molecule has 142 valence electrons. The molecule has 1 saturated carbocycles. The Balaban J connectivity index is 1.52. The molecular weight excluding hydrogens is 344 g/mol. The second-order valence-corrected chi connectivity index (χ2v) is 7.50. The lowest BCUT2D eigenvalue weighted by atomic mass is 9.73. The van der Waals surface area contributed by atoms with Gasteiger partial charge in [-0.2, -0.15) is 4.98 Å². The van der Waals surface area contributed by atoms with E-state index in [0.29, 0.717) is 12.2 Å². The summed E-state index contributed by atoms with van der Waals surface area (Å²) in [7, 11) is 0. The number of carbonyl (C=O) groups excluding carboxylic acids is 2. The largest absolute Gasteiger partial charge is 0.337 e. The summed E-state index contributed by atoms with van der Waals surface area (Å²) in [4.78, 5) is 31.0. The SMILES string of the molecule is CCc1ccc(-c2noc(CN3C(=O)N[C@]4(CCCC[C@H]4C)C3=O)n2)cc1. The molecular formula is C20H24N4O3. The Morgan fingerprint density at radius 3 is 2.74 bits per heavy atom. The zero-order valence-corrected chi connectivity index (χ0v) is 15.7. The van der Waals surface area contributed by atoms with E-state index in [2.05, 4.69) is 22.4 Å². The number of rotatable bonds is 4. The summed E-state index contributed by atoms with van der Waals surface area (Å²) in [5.74, 6) is 0.670. The Morgan fingerprint density at radius 1 is 1.26 bits per heavy atom. The van der Waals surface area contributed by atoms with E-state index < -0.39 is 5.54 Å². The van der Waals surface area contributed by atoms with Crippen LogP contribution in [0.3, 0.4) is 0 Å². The van der Waals surface area contributed by atoms with Gasteiger partial charge in [-0.15, -0.1) is 0 Å². The van der Waals surface area contributed by atoms with Crippen LogP contribution in [0.25, 0.3) is 11.4 Å². The van der Waals surface area contributed by atoms with Gasteiger partial charge >= 0.3 is 6.03 Å². The molecule has 2 heterocycles. The molecule has 1 aliphatic carbocycles. The fraction of sp³-hybridized carbons (Fsp3) is 0.500. The van der Waals surface area contributed by atoms with Gasteiger partial charge in [0.15, 0.2) is 0 Å². The van der Waals surface area contributed by atoms with Crippen molar-refractivity contribution in [3.05, 3.63) is 35.7 Å². The summed E-state index contributed by atoms with van der Waals surface area (Å²) in [5, 5.41) is 6.94. The lowest BCUT2D eigenvalue weighted by Gasteiger charge is -2.36. The zero-order valence-electron chi connectivity index (χ0n) is 15.7. The first-order chi connectivity index (χ1) is 13.0. The van der Waals surface area contributed by atoms with Crippen LogP contribution in [0.1, 0.15) is 51.0 Å². The molecule has 1 saturated heterocycles. The van der Waals surface area contributed by atoms with E-state index in [1.165, 1.54) is 10.5 Å². The van der Waals surface area contributed by atoms with Crippen molar-refractivity contribution in [2.45, 2.75) is 58.0 Å². The molecule has 2 aliphatic rings. The van der Waals surface area contributed by atoms with Crippen molar-refractivity contribution in [3.8, 4) is 11.4 Å². The highest BCUT2D eigenvalue weighted by Gasteiger charge is 2.55.